The minimum absolute atomic E-state index is 0.274. The molecule has 1 aromatic rings. The highest BCUT2D eigenvalue weighted by molar-refractivity contribution is 9.10. The van der Waals surface area contributed by atoms with Crippen LogP contribution in [-0.4, -0.2) is 42.8 Å². The van der Waals surface area contributed by atoms with Crippen molar-refractivity contribution in [2.24, 2.45) is 5.92 Å². The van der Waals surface area contributed by atoms with E-state index in [0.29, 0.717) is 11.5 Å². The van der Waals surface area contributed by atoms with Crippen LogP contribution in [0.4, 0.5) is 0 Å². The Balaban J connectivity index is 1.98. The lowest BCUT2D eigenvalue weighted by Crippen LogP contribution is -2.20. The number of hydrogen-bond acceptors (Lipinski definition) is 4. The number of nitrogens with zero attached hydrogens (tertiary/aromatic N) is 1. The predicted octanol–water partition coefficient (Wildman–Crippen LogP) is 2.44. The molecule has 0 saturated carbocycles. The first-order valence-corrected chi connectivity index (χ1v) is 7.63. The number of esters is 1. The number of ether oxygens (including phenoxy) is 1. The molecule has 2 rings (SSSR count). The lowest BCUT2D eigenvalue weighted by molar-refractivity contribution is 0.0600. The van der Waals surface area contributed by atoms with Crippen molar-refractivity contribution in [2.75, 3.05) is 26.8 Å². The van der Waals surface area contributed by atoms with Crippen molar-refractivity contribution in [1.29, 1.82) is 0 Å². The van der Waals surface area contributed by atoms with Crippen molar-refractivity contribution < 1.29 is 14.6 Å². The SMILES string of the molecule is COC(=O)c1ccc(CN2CCC(CCO)C2)c(Br)c1. The Hall–Kier alpha value is -0.910. The van der Waals surface area contributed by atoms with E-state index in [4.69, 9.17) is 9.84 Å². The van der Waals surface area contributed by atoms with E-state index in [-0.39, 0.29) is 12.6 Å². The normalized spacial score (nSPS) is 19.2. The van der Waals surface area contributed by atoms with Gasteiger partial charge in [-0.3, -0.25) is 4.90 Å². The number of methoxy groups -OCH3 is 1. The van der Waals surface area contributed by atoms with E-state index in [1.807, 2.05) is 12.1 Å². The highest BCUT2D eigenvalue weighted by Crippen LogP contribution is 2.25. The summed E-state index contributed by atoms with van der Waals surface area (Å²) in [5, 5.41) is 8.98. The second-order valence-electron chi connectivity index (χ2n) is 5.20. The van der Waals surface area contributed by atoms with Crippen LogP contribution in [0.5, 0.6) is 0 Å². The maximum atomic E-state index is 11.5. The minimum atomic E-state index is -0.318. The maximum Gasteiger partial charge on any atom is 0.337 e. The molecule has 1 N–H and O–H groups in total. The minimum Gasteiger partial charge on any atom is -0.465 e. The van der Waals surface area contributed by atoms with Gasteiger partial charge in [-0.25, -0.2) is 4.79 Å². The molecule has 1 aliphatic rings. The summed E-state index contributed by atoms with van der Waals surface area (Å²) in [7, 11) is 1.38. The van der Waals surface area contributed by atoms with Gasteiger partial charge in [0.1, 0.15) is 0 Å². The molecule has 1 atom stereocenters. The van der Waals surface area contributed by atoms with Crippen LogP contribution in [0.15, 0.2) is 22.7 Å². The molecule has 1 fully saturated rings. The lowest BCUT2D eigenvalue weighted by Gasteiger charge is -2.17. The molecule has 4 nitrogen and oxygen atoms in total. The molecule has 1 aliphatic heterocycles. The van der Waals surface area contributed by atoms with Crippen LogP contribution in [0.3, 0.4) is 0 Å². The van der Waals surface area contributed by atoms with Gasteiger partial charge in [-0.2, -0.15) is 0 Å². The molecule has 1 heterocycles. The van der Waals surface area contributed by atoms with E-state index in [1.54, 1.807) is 6.07 Å². The molecule has 5 heteroatoms. The summed E-state index contributed by atoms with van der Waals surface area (Å²) in [5.41, 5.74) is 1.73. The molecule has 1 unspecified atom stereocenters. The number of aliphatic hydroxyl groups is 1. The van der Waals surface area contributed by atoms with Gasteiger partial charge in [0.25, 0.3) is 0 Å². The van der Waals surface area contributed by atoms with Gasteiger partial charge in [0.15, 0.2) is 0 Å². The second kappa shape index (κ2) is 7.20. The third kappa shape index (κ3) is 3.81. The number of aliphatic hydroxyl groups excluding tert-OH is 1. The van der Waals surface area contributed by atoms with Gasteiger partial charge < -0.3 is 9.84 Å². The molecule has 0 aliphatic carbocycles. The molecule has 110 valence electrons. The number of carbonyl (C=O) groups excluding carboxylic acids is 1. The largest absolute Gasteiger partial charge is 0.465 e. The Labute approximate surface area is 127 Å². The van der Waals surface area contributed by atoms with Crippen molar-refractivity contribution in [3.63, 3.8) is 0 Å². The molecule has 0 bridgehead atoms. The third-order valence-electron chi connectivity index (χ3n) is 3.78. The average molecular weight is 342 g/mol. The van der Waals surface area contributed by atoms with E-state index in [0.717, 1.165) is 36.9 Å². The van der Waals surface area contributed by atoms with Crippen LogP contribution in [0.25, 0.3) is 0 Å². The number of carbonyl (C=O) groups is 1. The number of likely N-dealkylation sites (tertiary alicyclic amines) is 1. The first-order chi connectivity index (χ1) is 9.63. The van der Waals surface area contributed by atoms with Gasteiger partial charge in [-0.05, 0) is 43.0 Å². The number of halogens is 1. The molecule has 1 saturated heterocycles. The highest BCUT2D eigenvalue weighted by Gasteiger charge is 2.22. The van der Waals surface area contributed by atoms with Gasteiger partial charge >= 0.3 is 5.97 Å². The Morgan fingerprint density at radius 1 is 1.55 bits per heavy atom. The zero-order valence-electron chi connectivity index (χ0n) is 11.6. The number of hydrogen-bond donors (Lipinski definition) is 1. The molecule has 0 spiro atoms. The first-order valence-electron chi connectivity index (χ1n) is 6.84. The summed E-state index contributed by atoms with van der Waals surface area (Å²) in [6.45, 7) is 3.24. The lowest BCUT2D eigenvalue weighted by atomic mass is 10.1. The van der Waals surface area contributed by atoms with Crippen LogP contribution in [0.2, 0.25) is 0 Å². The van der Waals surface area contributed by atoms with E-state index >= 15 is 0 Å². The summed E-state index contributed by atoms with van der Waals surface area (Å²) in [5.74, 6) is 0.287. The number of benzene rings is 1. The van der Waals surface area contributed by atoms with Crippen molar-refractivity contribution in [3.8, 4) is 0 Å². The van der Waals surface area contributed by atoms with Crippen LogP contribution in [0, 0.1) is 5.92 Å². The zero-order valence-corrected chi connectivity index (χ0v) is 13.2. The standard InChI is InChI=1S/C15H20BrNO3/c1-20-15(19)12-2-3-13(14(16)8-12)10-17-6-4-11(9-17)5-7-18/h2-3,8,11,18H,4-7,9-10H2,1H3. The van der Waals surface area contributed by atoms with Crippen LogP contribution in [-0.2, 0) is 11.3 Å². The second-order valence-corrected chi connectivity index (χ2v) is 6.05. The summed E-state index contributed by atoms with van der Waals surface area (Å²) in [6.07, 6.45) is 2.04. The van der Waals surface area contributed by atoms with Crippen molar-refractivity contribution in [3.05, 3.63) is 33.8 Å². The quantitative estimate of drug-likeness (QED) is 0.835. The van der Waals surface area contributed by atoms with E-state index in [2.05, 4.69) is 20.8 Å². The molecule has 1 aromatic carbocycles. The van der Waals surface area contributed by atoms with E-state index in [9.17, 15) is 4.79 Å². The monoisotopic (exact) mass is 341 g/mol. The first kappa shape index (κ1) is 15.5. The molecule has 0 radical (unpaired) electrons. The molecular formula is C15H20BrNO3. The highest BCUT2D eigenvalue weighted by atomic mass is 79.9. The summed E-state index contributed by atoms with van der Waals surface area (Å²) in [4.78, 5) is 13.8. The van der Waals surface area contributed by atoms with E-state index in [1.165, 1.54) is 12.7 Å². The Morgan fingerprint density at radius 3 is 3.00 bits per heavy atom. The molecule has 0 aromatic heterocycles. The zero-order chi connectivity index (χ0) is 14.5. The smallest absolute Gasteiger partial charge is 0.337 e. The van der Waals surface area contributed by atoms with Crippen molar-refractivity contribution >= 4 is 21.9 Å². The molecule has 20 heavy (non-hydrogen) atoms. The predicted molar refractivity (Wildman–Crippen MR) is 80.6 cm³/mol. The van der Waals surface area contributed by atoms with Gasteiger partial charge in [0.2, 0.25) is 0 Å². The fourth-order valence-electron chi connectivity index (χ4n) is 2.64. The number of rotatable bonds is 5. The van der Waals surface area contributed by atoms with Gasteiger partial charge in [-0.15, -0.1) is 0 Å². The molecule has 0 amide bonds. The fraction of sp³-hybridized carbons (Fsp3) is 0.533. The summed E-state index contributed by atoms with van der Waals surface area (Å²) >= 11 is 3.52. The Kier molecular flexibility index (Phi) is 5.57. The summed E-state index contributed by atoms with van der Waals surface area (Å²) < 4.78 is 5.65. The Bertz CT molecular complexity index is 478. The summed E-state index contributed by atoms with van der Waals surface area (Å²) in [6, 6.07) is 5.57. The van der Waals surface area contributed by atoms with Gasteiger partial charge in [0, 0.05) is 24.2 Å². The van der Waals surface area contributed by atoms with Gasteiger partial charge in [0.05, 0.1) is 12.7 Å². The van der Waals surface area contributed by atoms with Crippen LogP contribution < -0.4 is 0 Å². The van der Waals surface area contributed by atoms with Gasteiger partial charge in [-0.1, -0.05) is 22.0 Å². The topological polar surface area (TPSA) is 49.8 Å². The van der Waals surface area contributed by atoms with Crippen LogP contribution in [0.1, 0.15) is 28.8 Å². The average Bonchev–Trinajstić information content (AvgIpc) is 2.88. The van der Waals surface area contributed by atoms with Crippen LogP contribution >= 0.6 is 15.9 Å². The van der Waals surface area contributed by atoms with E-state index < -0.39 is 0 Å². The van der Waals surface area contributed by atoms with Crippen molar-refractivity contribution in [2.45, 2.75) is 19.4 Å². The molecular weight excluding hydrogens is 322 g/mol. The maximum absolute atomic E-state index is 11.5. The van der Waals surface area contributed by atoms with Crippen molar-refractivity contribution in [1.82, 2.24) is 4.90 Å². The third-order valence-corrected chi connectivity index (χ3v) is 4.51. The Morgan fingerprint density at radius 2 is 2.35 bits per heavy atom. The fourth-order valence-corrected chi connectivity index (χ4v) is 3.14.